The van der Waals surface area contributed by atoms with Crippen LogP contribution in [0.2, 0.25) is 0 Å². The molecule has 1 fully saturated rings. The van der Waals surface area contributed by atoms with Crippen LogP contribution in [-0.2, 0) is 11.2 Å². The standard InChI is InChI=1S/C18H23N3O3S/c1-10-5-7-25-17(10)13-4-6-21(9-15(13)22)16(23)8-14-11(2)19-12(3)20-18(14)24/h5,7,13,15,22H,4,6,8-9H2,1-3H3,(H,19,20,24)/t13-,15-/m0/s1. The zero-order valence-corrected chi connectivity index (χ0v) is 15.5. The normalized spacial score (nSPS) is 20.7. The average molecular weight is 361 g/mol. The zero-order valence-electron chi connectivity index (χ0n) is 14.7. The third-order valence-corrected chi connectivity index (χ3v) is 5.99. The minimum absolute atomic E-state index is 0.0177. The molecule has 3 heterocycles. The third kappa shape index (κ3) is 3.67. The number of thiophene rings is 1. The van der Waals surface area contributed by atoms with Gasteiger partial charge in [-0.1, -0.05) is 0 Å². The number of aromatic nitrogens is 2. The monoisotopic (exact) mass is 361 g/mol. The van der Waals surface area contributed by atoms with Crippen molar-refractivity contribution in [2.24, 2.45) is 0 Å². The summed E-state index contributed by atoms with van der Waals surface area (Å²) in [5.74, 6) is 0.483. The molecular weight excluding hydrogens is 338 g/mol. The molecule has 25 heavy (non-hydrogen) atoms. The summed E-state index contributed by atoms with van der Waals surface area (Å²) in [4.78, 5) is 34.4. The molecule has 0 spiro atoms. The molecule has 1 amide bonds. The van der Waals surface area contributed by atoms with E-state index in [4.69, 9.17) is 0 Å². The van der Waals surface area contributed by atoms with E-state index in [0.29, 0.717) is 30.2 Å². The SMILES string of the molecule is Cc1nc(C)c(CC(=O)N2CC[C@H](c3sccc3C)[C@@H](O)C2)c(=O)[nH]1. The number of aryl methyl sites for hydroxylation is 3. The number of piperidine rings is 1. The Morgan fingerprint density at radius 2 is 2.20 bits per heavy atom. The van der Waals surface area contributed by atoms with Crippen molar-refractivity contribution >= 4 is 17.2 Å². The highest BCUT2D eigenvalue weighted by atomic mass is 32.1. The molecule has 3 rings (SSSR count). The van der Waals surface area contributed by atoms with Crippen molar-refractivity contribution in [2.75, 3.05) is 13.1 Å². The highest BCUT2D eigenvalue weighted by Crippen LogP contribution is 2.34. The van der Waals surface area contributed by atoms with Crippen LogP contribution in [0.1, 0.15) is 39.9 Å². The molecule has 134 valence electrons. The molecule has 0 aliphatic carbocycles. The molecule has 0 bridgehead atoms. The number of β-amino-alcohol motifs (C(OH)–C–C–N with tert-alkyl or cyclic N) is 1. The molecule has 2 aromatic heterocycles. The number of amides is 1. The lowest BCUT2D eigenvalue weighted by molar-refractivity contribution is -0.134. The molecule has 2 N–H and O–H groups in total. The molecule has 6 nitrogen and oxygen atoms in total. The summed E-state index contributed by atoms with van der Waals surface area (Å²) >= 11 is 1.66. The first-order valence-corrected chi connectivity index (χ1v) is 9.31. The summed E-state index contributed by atoms with van der Waals surface area (Å²) in [6, 6.07) is 2.06. The number of aliphatic hydroxyl groups excluding tert-OH is 1. The zero-order chi connectivity index (χ0) is 18.1. The number of carbonyl (C=O) groups is 1. The number of hydrogen-bond donors (Lipinski definition) is 2. The van der Waals surface area contributed by atoms with E-state index in [0.717, 1.165) is 6.42 Å². The van der Waals surface area contributed by atoms with E-state index in [1.54, 1.807) is 30.1 Å². The van der Waals surface area contributed by atoms with E-state index in [1.807, 2.05) is 5.38 Å². The number of aromatic amines is 1. The predicted octanol–water partition coefficient (Wildman–Crippen LogP) is 1.68. The van der Waals surface area contributed by atoms with E-state index in [1.165, 1.54) is 10.4 Å². The Bertz CT molecular complexity index is 842. The van der Waals surface area contributed by atoms with Crippen molar-refractivity contribution in [2.45, 2.75) is 45.6 Å². The van der Waals surface area contributed by atoms with Crippen molar-refractivity contribution in [3.8, 4) is 0 Å². The number of nitrogens with zero attached hydrogens (tertiary/aromatic N) is 2. The molecule has 0 unspecified atom stereocenters. The van der Waals surface area contributed by atoms with Gasteiger partial charge in [0.25, 0.3) is 5.56 Å². The predicted molar refractivity (Wildman–Crippen MR) is 97.0 cm³/mol. The van der Waals surface area contributed by atoms with Gasteiger partial charge in [0.15, 0.2) is 0 Å². The minimum Gasteiger partial charge on any atom is -0.391 e. The van der Waals surface area contributed by atoms with Crippen LogP contribution in [0.5, 0.6) is 0 Å². The highest BCUT2D eigenvalue weighted by molar-refractivity contribution is 7.10. The number of carbonyl (C=O) groups excluding carboxylic acids is 1. The maximum absolute atomic E-state index is 12.6. The van der Waals surface area contributed by atoms with Gasteiger partial charge in [-0.25, -0.2) is 4.98 Å². The van der Waals surface area contributed by atoms with Gasteiger partial charge < -0.3 is 15.0 Å². The first-order valence-electron chi connectivity index (χ1n) is 8.43. The molecule has 0 saturated carbocycles. The van der Waals surface area contributed by atoms with E-state index in [-0.39, 0.29) is 23.8 Å². The fraction of sp³-hybridized carbons (Fsp3) is 0.500. The van der Waals surface area contributed by atoms with Crippen LogP contribution in [0.15, 0.2) is 16.2 Å². The van der Waals surface area contributed by atoms with Crippen molar-refractivity contribution in [1.29, 1.82) is 0 Å². The lowest BCUT2D eigenvalue weighted by Gasteiger charge is -2.36. The first kappa shape index (κ1) is 17.8. The van der Waals surface area contributed by atoms with E-state index >= 15 is 0 Å². The van der Waals surface area contributed by atoms with Crippen molar-refractivity contribution in [1.82, 2.24) is 14.9 Å². The number of H-pyrrole nitrogens is 1. The van der Waals surface area contributed by atoms with Crippen LogP contribution in [0.4, 0.5) is 0 Å². The maximum atomic E-state index is 12.6. The summed E-state index contributed by atoms with van der Waals surface area (Å²) in [5, 5.41) is 12.6. The van der Waals surface area contributed by atoms with E-state index in [2.05, 4.69) is 23.0 Å². The van der Waals surface area contributed by atoms with E-state index in [9.17, 15) is 14.7 Å². The van der Waals surface area contributed by atoms with Gasteiger partial charge in [-0.15, -0.1) is 11.3 Å². The lowest BCUT2D eigenvalue weighted by Crippen LogP contribution is -2.46. The van der Waals surface area contributed by atoms with Gasteiger partial charge in [0, 0.05) is 35.1 Å². The van der Waals surface area contributed by atoms with Crippen LogP contribution in [-0.4, -0.2) is 45.1 Å². The second-order valence-corrected chi connectivity index (χ2v) is 7.61. The van der Waals surface area contributed by atoms with Crippen LogP contribution >= 0.6 is 11.3 Å². The number of rotatable bonds is 3. The Hall–Kier alpha value is -1.99. The molecule has 0 radical (unpaired) electrons. The molecule has 7 heteroatoms. The van der Waals surface area contributed by atoms with Crippen LogP contribution < -0.4 is 5.56 Å². The Kier molecular flexibility index (Phi) is 5.06. The van der Waals surface area contributed by atoms with Gasteiger partial charge in [0.2, 0.25) is 5.91 Å². The molecule has 1 aliphatic rings. The van der Waals surface area contributed by atoms with Gasteiger partial charge in [0.1, 0.15) is 5.82 Å². The van der Waals surface area contributed by atoms with E-state index < -0.39 is 6.10 Å². The van der Waals surface area contributed by atoms with Gasteiger partial charge in [-0.05, 0) is 44.2 Å². The largest absolute Gasteiger partial charge is 0.391 e. The Morgan fingerprint density at radius 1 is 1.44 bits per heavy atom. The smallest absolute Gasteiger partial charge is 0.254 e. The van der Waals surface area contributed by atoms with Crippen LogP contribution in [0.25, 0.3) is 0 Å². The quantitative estimate of drug-likeness (QED) is 0.871. The Labute approximate surface area is 150 Å². The molecular formula is C18H23N3O3S. The summed E-state index contributed by atoms with van der Waals surface area (Å²) in [6.45, 7) is 6.40. The number of aliphatic hydroxyl groups is 1. The topological polar surface area (TPSA) is 86.3 Å². The fourth-order valence-electron chi connectivity index (χ4n) is 3.45. The van der Waals surface area contributed by atoms with Crippen molar-refractivity contribution in [3.63, 3.8) is 0 Å². The summed E-state index contributed by atoms with van der Waals surface area (Å²) < 4.78 is 0. The minimum atomic E-state index is -0.578. The molecule has 2 atom stereocenters. The average Bonchev–Trinajstić information content (AvgIpc) is 2.96. The number of likely N-dealkylation sites (tertiary alicyclic amines) is 1. The van der Waals surface area contributed by atoms with Gasteiger partial charge in [-0.3, -0.25) is 9.59 Å². The van der Waals surface area contributed by atoms with Crippen molar-refractivity contribution < 1.29 is 9.90 Å². The number of nitrogens with one attached hydrogen (secondary N) is 1. The van der Waals surface area contributed by atoms with Gasteiger partial charge >= 0.3 is 0 Å². The summed E-state index contributed by atoms with van der Waals surface area (Å²) in [7, 11) is 0. The molecule has 1 saturated heterocycles. The Balaban J connectivity index is 1.69. The highest BCUT2D eigenvalue weighted by Gasteiger charge is 2.32. The second kappa shape index (κ2) is 7.09. The third-order valence-electron chi connectivity index (χ3n) is 4.84. The molecule has 2 aromatic rings. The lowest BCUT2D eigenvalue weighted by atomic mass is 9.90. The van der Waals surface area contributed by atoms with Crippen LogP contribution in [0.3, 0.4) is 0 Å². The van der Waals surface area contributed by atoms with Crippen molar-refractivity contribution in [3.05, 3.63) is 49.3 Å². The molecule has 1 aliphatic heterocycles. The first-order chi connectivity index (χ1) is 11.9. The van der Waals surface area contributed by atoms with Crippen LogP contribution in [0, 0.1) is 20.8 Å². The van der Waals surface area contributed by atoms with Gasteiger partial charge in [-0.2, -0.15) is 0 Å². The molecule has 0 aromatic carbocycles. The summed E-state index contributed by atoms with van der Waals surface area (Å²) in [6.07, 6.45) is 0.171. The Morgan fingerprint density at radius 3 is 2.80 bits per heavy atom. The summed E-state index contributed by atoms with van der Waals surface area (Å²) in [5.41, 5.74) is 1.92. The second-order valence-electron chi connectivity index (χ2n) is 6.66. The number of hydrogen-bond acceptors (Lipinski definition) is 5. The fourth-order valence-corrected chi connectivity index (χ4v) is 4.57. The maximum Gasteiger partial charge on any atom is 0.254 e. The van der Waals surface area contributed by atoms with Gasteiger partial charge in [0.05, 0.1) is 12.5 Å².